The summed E-state index contributed by atoms with van der Waals surface area (Å²) in [7, 11) is 0. The van der Waals surface area contributed by atoms with Gasteiger partial charge in [-0.2, -0.15) is 0 Å². The minimum absolute atomic E-state index is 0.0175. The van der Waals surface area contributed by atoms with Gasteiger partial charge in [-0.25, -0.2) is 4.79 Å². The van der Waals surface area contributed by atoms with Crippen molar-refractivity contribution in [2.75, 3.05) is 13.1 Å². The Morgan fingerprint density at radius 1 is 0.846 bits per heavy atom. The third kappa shape index (κ3) is 15.1. The molecule has 0 aromatic heterocycles. The second-order valence-corrected chi connectivity index (χ2v) is 9.35. The largest absolute Gasteiger partial charge is 0.480 e. The molecule has 0 bridgehead atoms. The quantitative estimate of drug-likeness (QED) is 0.0432. The highest BCUT2D eigenvalue weighted by molar-refractivity contribution is 5.95. The summed E-state index contributed by atoms with van der Waals surface area (Å²) in [6, 6.07) is -5.30. The maximum absolute atomic E-state index is 13.1. The van der Waals surface area contributed by atoms with E-state index in [0.717, 1.165) is 0 Å². The maximum Gasteiger partial charge on any atom is 0.326 e. The van der Waals surface area contributed by atoms with Crippen LogP contribution < -0.4 is 43.8 Å². The summed E-state index contributed by atoms with van der Waals surface area (Å²) in [4.78, 5) is 72.9. The van der Waals surface area contributed by atoms with E-state index in [1.54, 1.807) is 13.8 Å². The second-order valence-electron chi connectivity index (χ2n) is 9.35. The highest BCUT2D eigenvalue weighted by atomic mass is 16.4. The topological polar surface area (TPSA) is 305 Å². The van der Waals surface area contributed by atoms with E-state index in [1.807, 2.05) is 0 Å². The van der Waals surface area contributed by atoms with Crippen LogP contribution in [0.2, 0.25) is 0 Å². The summed E-state index contributed by atoms with van der Waals surface area (Å²) < 4.78 is 0. The summed E-state index contributed by atoms with van der Waals surface area (Å²) in [5.74, 6) is -6.04. The molecular weight excluding hydrogens is 518 g/mol. The summed E-state index contributed by atoms with van der Waals surface area (Å²) >= 11 is 0. The predicted octanol–water partition coefficient (Wildman–Crippen LogP) is -4.47. The normalized spacial score (nSPS) is 14.6. The van der Waals surface area contributed by atoms with Crippen LogP contribution in [0.4, 0.5) is 0 Å². The molecule has 14 N–H and O–H groups in total. The van der Waals surface area contributed by atoms with Crippen LogP contribution in [-0.4, -0.2) is 95.0 Å². The molecule has 0 fully saturated rings. The van der Waals surface area contributed by atoms with Crippen LogP contribution in [0.15, 0.2) is 0 Å². The Morgan fingerprint density at radius 3 is 1.90 bits per heavy atom. The third-order valence-electron chi connectivity index (χ3n) is 5.24. The highest BCUT2D eigenvalue weighted by Crippen LogP contribution is 2.07. The molecule has 0 aliphatic carbocycles. The number of aliphatic hydroxyl groups excluding tert-OH is 1. The van der Waals surface area contributed by atoms with Crippen LogP contribution in [0.1, 0.15) is 46.5 Å². The first-order chi connectivity index (χ1) is 18.0. The number of carbonyl (C=O) groups excluding carboxylic acids is 5. The van der Waals surface area contributed by atoms with E-state index in [0.29, 0.717) is 0 Å². The standard InChI is InChI=1S/C22H41N9O8/c1-10(2)7-13(29-16(34)9-28-20(37)17(24)11(3)32)19(36)30-12(5-4-6-27-22(25)26)18(35)31-14(21(38)39)8-15(23)33/h10-14,17,32H,4-9,24H2,1-3H3,(H2,23,33)(H,28,37)(H,29,34)(H,30,36)(H,31,35)(H,38,39)(H4,25,26,27)/t11-,12+,13+,14+,17+/m1/s1. The van der Waals surface area contributed by atoms with Gasteiger partial charge in [0.2, 0.25) is 29.5 Å². The Morgan fingerprint density at radius 2 is 1.41 bits per heavy atom. The minimum Gasteiger partial charge on any atom is -0.480 e. The van der Waals surface area contributed by atoms with Gasteiger partial charge in [0.1, 0.15) is 24.2 Å². The zero-order valence-electron chi connectivity index (χ0n) is 22.3. The van der Waals surface area contributed by atoms with Crippen LogP contribution in [0.25, 0.3) is 0 Å². The van der Waals surface area contributed by atoms with Crippen molar-refractivity contribution in [3.63, 3.8) is 0 Å². The molecule has 17 nitrogen and oxygen atoms in total. The number of hydrogen-bond donors (Lipinski definition) is 11. The molecule has 0 radical (unpaired) electrons. The van der Waals surface area contributed by atoms with Crippen LogP contribution in [0.3, 0.4) is 0 Å². The zero-order valence-corrected chi connectivity index (χ0v) is 22.3. The van der Waals surface area contributed by atoms with Crippen molar-refractivity contribution in [3.05, 3.63) is 0 Å². The van der Waals surface area contributed by atoms with Gasteiger partial charge < -0.3 is 54.0 Å². The van der Waals surface area contributed by atoms with Crippen LogP contribution >= 0.6 is 0 Å². The fourth-order valence-electron chi connectivity index (χ4n) is 3.20. The summed E-state index contributed by atoms with van der Waals surface area (Å²) in [6.07, 6.45) is -1.47. The molecular formula is C22H41N9O8. The van der Waals surface area contributed by atoms with Crippen molar-refractivity contribution >= 4 is 41.5 Å². The molecule has 0 aromatic rings. The summed E-state index contributed by atoms with van der Waals surface area (Å²) in [6.45, 7) is 4.51. The fourth-order valence-corrected chi connectivity index (χ4v) is 3.20. The molecule has 39 heavy (non-hydrogen) atoms. The van der Waals surface area contributed by atoms with Crippen molar-refractivity contribution < 1.29 is 39.0 Å². The van der Waals surface area contributed by atoms with Gasteiger partial charge in [0.25, 0.3) is 0 Å². The van der Waals surface area contributed by atoms with E-state index in [9.17, 15) is 39.0 Å². The molecule has 0 saturated heterocycles. The Bertz CT molecular complexity index is 897. The lowest BCUT2D eigenvalue weighted by molar-refractivity contribution is -0.143. The number of carboxylic acids is 1. The zero-order chi connectivity index (χ0) is 30.3. The number of aliphatic carboxylic acids is 1. The Labute approximate surface area is 225 Å². The Hall–Kier alpha value is -3.99. The number of hydrogen-bond acceptors (Lipinski definition) is 9. The monoisotopic (exact) mass is 559 g/mol. The number of nitrogens with one attached hydrogen (secondary N) is 6. The number of guanidine groups is 1. The summed E-state index contributed by atoms with van der Waals surface area (Å²) in [5.41, 5.74) is 15.8. The van der Waals surface area contributed by atoms with E-state index in [2.05, 4.69) is 26.6 Å². The van der Waals surface area contributed by atoms with Crippen LogP contribution in [0.5, 0.6) is 0 Å². The van der Waals surface area contributed by atoms with Gasteiger partial charge in [-0.15, -0.1) is 0 Å². The Kier molecular flexibility index (Phi) is 15.7. The number of primary amides is 1. The molecule has 0 aliphatic heterocycles. The number of carboxylic acid groups (broad SMARTS) is 1. The predicted molar refractivity (Wildman–Crippen MR) is 139 cm³/mol. The molecule has 0 aromatic carbocycles. The molecule has 5 amide bonds. The average Bonchev–Trinajstić information content (AvgIpc) is 2.81. The van der Waals surface area contributed by atoms with Gasteiger partial charge in [-0.05, 0) is 32.1 Å². The number of rotatable bonds is 18. The first-order valence-corrected chi connectivity index (χ1v) is 12.3. The van der Waals surface area contributed by atoms with E-state index in [-0.39, 0.29) is 37.7 Å². The molecule has 17 heteroatoms. The van der Waals surface area contributed by atoms with Gasteiger partial charge in [-0.1, -0.05) is 13.8 Å². The van der Waals surface area contributed by atoms with E-state index in [4.69, 9.17) is 22.6 Å². The van der Waals surface area contributed by atoms with Crippen molar-refractivity contribution in [1.29, 1.82) is 5.41 Å². The average molecular weight is 560 g/mol. The van der Waals surface area contributed by atoms with Crippen LogP contribution in [0, 0.1) is 11.3 Å². The molecule has 0 spiro atoms. The molecule has 0 aliphatic rings. The van der Waals surface area contributed by atoms with E-state index >= 15 is 0 Å². The van der Waals surface area contributed by atoms with Gasteiger partial charge in [0, 0.05) is 6.54 Å². The van der Waals surface area contributed by atoms with Crippen LogP contribution in [-0.2, 0) is 28.8 Å². The molecule has 0 unspecified atom stereocenters. The number of amides is 5. The van der Waals surface area contributed by atoms with Crippen molar-refractivity contribution in [3.8, 4) is 0 Å². The lowest BCUT2D eigenvalue weighted by Crippen LogP contribution is -2.57. The maximum atomic E-state index is 13.1. The molecule has 0 saturated carbocycles. The van der Waals surface area contributed by atoms with Gasteiger partial charge in [-0.3, -0.25) is 29.4 Å². The number of nitrogens with two attached hydrogens (primary N) is 3. The molecule has 0 rings (SSSR count). The number of carbonyl (C=O) groups is 6. The lowest BCUT2D eigenvalue weighted by Gasteiger charge is -2.25. The third-order valence-corrected chi connectivity index (χ3v) is 5.24. The molecule has 5 atom stereocenters. The second kappa shape index (κ2) is 17.5. The van der Waals surface area contributed by atoms with E-state index < -0.39 is 78.7 Å². The highest BCUT2D eigenvalue weighted by Gasteiger charge is 2.30. The first-order valence-electron chi connectivity index (χ1n) is 12.3. The number of aliphatic hydroxyl groups is 1. The van der Waals surface area contributed by atoms with Crippen molar-refractivity contribution in [2.45, 2.75) is 76.7 Å². The van der Waals surface area contributed by atoms with E-state index in [1.165, 1.54) is 6.92 Å². The summed E-state index contributed by atoms with van der Waals surface area (Å²) in [5, 5.41) is 37.8. The minimum atomic E-state index is -1.63. The van der Waals surface area contributed by atoms with Gasteiger partial charge in [0.15, 0.2) is 5.96 Å². The van der Waals surface area contributed by atoms with Crippen molar-refractivity contribution in [2.24, 2.45) is 23.1 Å². The van der Waals surface area contributed by atoms with Gasteiger partial charge in [0.05, 0.1) is 19.1 Å². The molecule has 222 valence electrons. The SMILES string of the molecule is CC(C)C[C@H](NC(=O)CNC(=O)[C@@H](N)[C@@H](C)O)C(=O)N[C@@H](CCCNC(=N)N)C(=O)N[C@@H](CC(N)=O)C(=O)O. The van der Waals surface area contributed by atoms with Gasteiger partial charge >= 0.3 is 5.97 Å². The smallest absolute Gasteiger partial charge is 0.326 e. The fraction of sp³-hybridized carbons (Fsp3) is 0.682. The van der Waals surface area contributed by atoms with Crippen molar-refractivity contribution in [1.82, 2.24) is 26.6 Å². The first kappa shape index (κ1) is 35.0. The molecule has 0 heterocycles. The Balaban J connectivity index is 5.55. The lowest BCUT2D eigenvalue weighted by atomic mass is 10.0.